The number of hydrogen-bond donors (Lipinski definition) is 1. The molecule has 28 heavy (non-hydrogen) atoms. The summed E-state index contributed by atoms with van der Waals surface area (Å²) in [6, 6.07) is 17.0. The van der Waals surface area contributed by atoms with Crippen LogP contribution in [0.2, 0.25) is 0 Å². The zero-order chi connectivity index (χ0) is 20.5. The van der Waals surface area contributed by atoms with Crippen LogP contribution in [0, 0.1) is 6.92 Å². The first-order chi connectivity index (χ1) is 13.4. The van der Waals surface area contributed by atoms with Gasteiger partial charge in [-0.25, -0.2) is 0 Å². The Morgan fingerprint density at radius 2 is 1.64 bits per heavy atom. The molecule has 2 aromatic carbocycles. The molecule has 0 spiro atoms. The third-order valence-corrected chi connectivity index (χ3v) is 4.53. The van der Waals surface area contributed by atoms with Gasteiger partial charge < -0.3 is 15.0 Å². The van der Waals surface area contributed by atoms with Gasteiger partial charge in [0.1, 0.15) is 11.8 Å². The molecule has 1 N–H and O–H groups in total. The summed E-state index contributed by atoms with van der Waals surface area (Å²) in [5.41, 5.74) is 2.09. The fourth-order valence-electron chi connectivity index (χ4n) is 2.92. The highest BCUT2D eigenvalue weighted by atomic mass is 16.5. The van der Waals surface area contributed by atoms with Crippen LogP contribution in [0.4, 0.5) is 0 Å². The topological polar surface area (TPSA) is 58.6 Å². The van der Waals surface area contributed by atoms with E-state index in [1.54, 1.807) is 11.8 Å². The van der Waals surface area contributed by atoms with Gasteiger partial charge >= 0.3 is 0 Å². The van der Waals surface area contributed by atoms with Crippen molar-refractivity contribution in [2.24, 2.45) is 0 Å². The van der Waals surface area contributed by atoms with E-state index in [9.17, 15) is 9.59 Å². The van der Waals surface area contributed by atoms with E-state index in [0.717, 1.165) is 11.1 Å². The van der Waals surface area contributed by atoms with Crippen LogP contribution in [0.25, 0.3) is 0 Å². The van der Waals surface area contributed by atoms with E-state index >= 15 is 0 Å². The molecule has 0 bridgehead atoms. The maximum Gasteiger partial charge on any atom is 0.261 e. The highest BCUT2D eigenvalue weighted by Crippen LogP contribution is 2.16. The third kappa shape index (κ3) is 6.41. The second-order valence-corrected chi connectivity index (χ2v) is 7.22. The Balaban J connectivity index is 2.07. The zero-order valence-electron chi connectivity index (χ0n) is 17.1. The van der Waals surface area contributed by atoms with Gasteiger partial charge in [-0.3, -0.25) is 9.59 Å². The van der Waals surface area contributed by atoms with E-state index in [-0.39, 0.29) is 24.5 Å². The van der Waals surface area contributed by atoms with E-state index in [1.807, 2.05) is 75.4 Å². The molecule has 5 heteroatoms. The number of benzene rings is 2. The molecule has 1 atom stereocenters. The second kappa shape index (κ2) is 10.5. The number of aryl methyl sites for hydroxylation is 1. The van der Waals surface area contributed by atoms with Crippen LogP contribution in [-0.4, -0.2) is 41.9 Å². The lowest BCUT2D eigenvalue weighted by atomic mass is 10.1. The molecule has 0 saturated carbocycles. The Labute approximate surface area is 167 Å². The van der Waals surface area contributed by atoms with Gasteiger partial charge in [-0.05, 0) is 51.3 Å². The molecule has 2 rings (SSSR count). The van der Waals surface area contributed by atoms with Crippen molar-refractivity contribution in [3.8, 4) is 5.75 Å². The molecule has 0 radical (unpaired) electrons. The number of carbonyl (C=O) groups is 2. The van der Waals surface area contributed by atoms with Crippen molar-refractivity contribution in [3.63, 3.8) is 0 Å². The SMILES string of the molecule is Cc1ccccc1OCC(=O)N(CCc1ccccc1)[C@H](C)C(=O)NC(C)C. The molecule has 0 aliphatic heterocycles. The largest absolute Gasteiger partial charge is 0.484 e. The molecule has 0 aliphatic rings. The van der Waals surface area contributed by atoms with Gasteiger partial charge in [-0.1, -0.05) is 48.5 Å². The van der Waals surface area contributed by atoms with Gasteiger partial charge in [0.05, 0.1) is 0 Å². The summed E-state index contributed by atoms with van der Waals surface area (Å²) in [5.74, 6) is 0.316. The van der Waals surface area contributed by atoms with Crippen LogP contribution < -0.4 is 10.1 Å². The smallest absolute Gasteiger partial charge is 0.261 e. The van der Waals surface area contributed by atoms with E-state index in [4.69, 9.17) is 4.74 Å². The minimum atomic E-state index is -0.570. The fourth-order valence-corrected chi connectivity index (χ4v) is 2.92. The molecule has 0 aromatic heterocycles. The molecule has 0 saturated heterocycles. The van der Waals surface area contributed by atoms with Crippen LogP contribution in [0.15, 0.2) is 54.6 Å². The van der Waals surface area contributed by atoms with Gasteiger partial charge in [0.2, 0.25) is 5.91 Å². The molecular formula is C23H30N2O3. The predicted molar refractivity (Wildman–Crippen MR) is 111 cm³/mol. The predicted octanol–water partition coefficient (Wildman–Crippen LogP) is 3.36. The molecule has 0 heterocycles. The van der Waals surface area contributed by atoms with E-state index < -0.39 is 6.04 Å². The summed E-state index contributed by atoms with van der Waals surface area (Å²) < 4.78 is 5.72. The molecule has 2 aromatic rings. The number of para-hydroxylation sites is 1. The highest BCUT2D eigenvalue weighted by molar-refractivity contribution is 5.88. The summed E-state index contributed by atoms with van der Waals surface area (Å²) >= 11 is 0. The van der Waals surface area contributed by atoms with Crippen molar-refractivity contribution < 1.29 is 14.3 Å². The van der Waals surface area contributed by atoms with Crippen molar-refractivity contribution in [2.45, 2.75) is 46.2 Å². The maximum atomic E-state index is 12.9. The van der Waals surface area contributed by atoms with Crippen molar-refractivity contribution in [2.75, 3.05) is 13.2 Å². The van der Waals surface area contributed by atoms with Crippen LogP contribution in [0.5, 0.6) is 5.75 Å². The molecule has 0 aliphatic carbocycles. The van der Waals surface area contributed by atoms with Gasteiger partial charge in [0.15, 0.2) is 6.61 Å². The first-order valence-corrected chi connectivity index (χ1v) is 9.70. The summed E-state index contributed by atoms with van der Waals surface area (Å²) in [6.45, 7) is 7.86. The minimum absolute atomic E-state index is 0.0178. The monoisotopic (exact) mass is 382 g/mol. The average Bonchev–Trinajstić information content (AvgIpc) is 2.67. The molecule has 2 amide bonds. The Morgan fingerprint density at radius 1 is 1.00 bits per heavy atom. The van der Waals surface area contributed by atoms with Crippen LogP contribution in [-0.2, 0) is 16.0 Å². The quantitative estimate of drug-likeness (QED) is 0.723. The number of amides is 2. The maximum absolute atomic E-state index is 12.9. The number of rotatable bonds is 9. The normalized spacial score (nSPS) is 11.8. The summed E-state index contributed by atoms with van der Waals surface area (Å²) in [5, 5.41) is 2.89. The van der Waals surface area contributed by atoms with Crippen LogP contribution in [0.1, 0.15) is 31.9 Å². The minimum Gasteiger partial charge on any atom is -0.484 e. The van der Waals surface area contributed by atoms with Gasteiger partial charge in [-0.2, -0.15) is 0 Å². The van der Waals surface area contributed by atoms with Crippen LogP contribution in [0.3, 0.4) is 0 Å². The first-order valence-electron chi connectivity index (χ1n) is 9.70. The number of nitrogens with one attached hydrogen (secondary N) is 1. The zero-order valence-corrected chi connectivity index (χ0v) is 17.1. The number of carbonyl (C=O) groups excluding carboxylic acids is 2. The summed E-state index contributed by atoms with van der Waals surface area (Å²) in [4.78, 5) is 27.0. The van der Waals surface area contributed by atoms with Gasteiger partial charge in [0, 0.05) is 12.6 Å². The van der Waals surface area contributed by atoms with E-state index in [1.165, 1.54) is 0 Å². The lowest BCUT2D eigenvalue weighted by Crippen LogP contribution is -2.51. The van der Waals surface area contributed by atoms with Crippen molar-refractivity contribution in [1.82, 2.24) is 10.2 Å². The van der Waals surface area contributed by atoms with Gasteiger partial charge in [-0.15, -0.1) is 0 Å². The molecule has 5 nitrogen and oxygen atoms in total. The molecular weight excluding hydrogens is 352 g/mol. The number of hydrogen-bond acceptors (Lipinski definition) is 3. The average molecular weight is 383 g/mol. The Hall–Kier alpha value is -2.82. The van der Waals surface area contributed by atoms with E-state index in [2.05, 4.69) is 5.32 Å². The Morgan fingerprint density at radius 3 is 2.29 bits per heavy atom. The molecule has 0 fully saturated rings. The second-order valence-electron chi connectivity index (χ2n) is 7.22. The first kappa shape index (κ1) is 21.5. The van der Waals surface area contributed by atoms with Crippen LogP contribution >= 0.6 is 0 Å². The van der Waals surface area contributed by atoms with Crippen molar-refractivity contribution >= 4 is 11.8 Å². The van der Waals surface area contributed by atoms with Crippen molar-refractivity contribution in [1.29, 1.82) is 0 Å². The van der Waals surface area contributed by atoms with Crippen molar-refractivity contribution in [3.05, 3.63) is 65.7 Å². The number of nitrogens with zero attached hydrogens (tertiary/aromatic N) is 1. The number of ether oxygens (including phenoxy) is 1. The summed E-state index contributed by atoms with van der Waals surface area (Å²) in [6.07, 6.45) is 0.677. The summed E-state index contributed by atoms with van der Waals surface area (Å²) in [7, 11) is 0. The molecule has 150 valence electrons. The van der Waals surface area contributed by atoms with Gasteiger partial charge in [0.25, 0.3) is 5.91 Å². The molecule has 0 unspecified atom stereocenters. The standard InChI is InChI=1S/C23H30N2O3/c1-17(2)24-23(27)19(4)25(15-14-20-11-6-5-7-12-20)22(26)16-28-21-13-9-8-10-18(21)3/h5-13,17,19H,14-16H2,1-4H3,(H,24,27)/t19-/m1/s1. The van der Waals surface area contributed by atoms with E-state index in [0.29, 0.717) is 18.7 Å². The highest BCUT2D eigenvalue weighted by Gasteiger charge is 2.26. The third-order valence-electron chi connectivity index (χ3n) is 4.53. The Bertz CT molecular complexity index is 774. The fraction of sp³-hybridized carbons (Fsp3) is 0.391. The lowest BCUT2D eigenvalue weighted by Gasteiger charge is -2.29. The lowest BCUT2D eigenvalue weighted by molar-refractivity contribution is -0.141. The Kier molecular flexibility index (Phi) is 8.05.